The standard InChI is InChI=1S/C20H16Cl2N2O6/c1-3-6-29-18-15(22)7-11(9-17(18)28-2)8-16-20(25)30-19(23-16)13-5-4-12(24(26)27)10-14(13)21/h4-5,7-10H,3,6H2,1-2H3/b16-8-. The fourth-order valence-electron chi connectivity index (χ4n) is 2.64. The molecular weight excluding hydrogens is 435 g/mol. The second-order valence-corrected chi connectivity index (χ2v) is 6.95. The lowest BCUT2D eigenvalue weighted by Crippen LogP contribution is -2.06. The van der Waals surface area contributed by atoms with Gasteiger partial charge in [0.1, 0.15) is 0 Å². The summed E-state index contributed by atoms with van der Waals surface area (Å²) in [5, 5.41) is 11.2. The smallest absolute Gasteiger partial charge is 0.363 e. The number of nitro groups is 1. The number of carbonyl (C=O) groups is 1. The van der Waals surface area contributed by atoms with E-state index in [1.165, 1.54) is 25.3 Å². The van der Waals surface area contributed by atoms with Crippen molar-refractivity contribution in [1.82, 2.24) is 0 Å². The van der Waals surface area contributed by atoms with E-state index in [1.807, 2.05) is 6.92 Å². The van der Waals surface area contributed by atoms with Gasteiger partial charge >= 0.3 is 5.97 Å². The van der Waals surface area contributed by atoms with Gasteiger partial charge in [-0.1, -0.05) is 30.1 Å². The maximum absolute atomic E-state index is 12.3. The van der Waals surface area contributed by atoms with Crippen LogP contribution in [-0.2, 0) is 9.53 Å². The monoisotopic (exact) mass is 450 g/mol. The fraction of sp³-hybridized carbons (Fsp3) is 0.200. The molecule has 0 aliphatic carbocycles. The van der Waals surface area contributed by atoms with E-state index in [2.05, 4.69) is 4.99 Å². The van der Waals surface area contributed by atoms with E-state index in [9.17, 15) is 14.9 Å². The summed E-state index contributed by atoms with van der Waals surface area (Å²) in [4.78, 5) is 26.7. The summed E-state index contributed by atoms with van der Waals surface area (Å²) in [7, 11) is 1.48. The first-order valence-electron chi connectivity index (χ1n) is 8.81. The van der Waals surface area contributed by atoms with Crippen molar-refractivity contribution in [3.05, 3.63) is 67.3 Å². The van der Waals surface area contributed by atoms with Gasteiger partial charge < -0.3 is 14.2 Å². The molecule has 2 aromatic carbocycles. The minimum atomic E-state index is -0.694. The van der Waals surface area contributed by atoms with E-state index in [-0.39, 0.29) is 27.9 Å². The molecule has 0 unspecified atom stereocenters. The molecule has 2 aromatic rings. The van der Waals surface area contributed by atoms with E-state index in [0.717, 1.165) is 12.5 Å². The predicted molar refractivity (Wildman–Crippen MR) is 113 cm³/mol. The number of hydrogen-bond acceptors (Lipinski definition) is 7. The Morgan fingerprint density at radius 3 is 2.63 bits per heavy atom. The second-order valence-electron chi connectivity index (χ2n) is 6.14. The summed E-state index contributed by atoms with van der Waals surface area (Å²) in [5.41, 5.74) is 0.640. The molecule has 1 aliphatic rings. The Morgan fingerprint density at radius 2 is 2.00 bits per heavy atom. The van der Waals surface area contributed by atoms with Crippen LogP contribution in [0.25, 0.3) is 6.08 Å². The summed E-state index contributed by atoms with van der Waals surface area (Å²) in [6, 6.07) is 7.05. The summed E-state index contributed by atoms with van der Waals surface area (Å²) in [5.74, 6) is 0.0868. The molecule has 156 valence electrons. The van der Waals surface area contributed by atoms with Gasteiger partial charge in [0.2, 0.25) is 5.90 Å². The second kappa shape index (κ2) is 9.15. The Morgan fingerprint density at radius 1 is 1.23 bits per heavy atom. The van der Waals surface area contributed by atoms with Gasteiger partial charge in [-0.05, 0) is 36.3 Å². The number of rotatable bonds is 7. The summed E-state index contributed by atoms with van der Waals surface area (Å²) >= 11 is 12.4. The molecule has 30 heavy (non-hydrogen) atoms. The number of nitrogens with zero attached hydrogens (tertiary/aromatic N) is 2. The zero-order chi connectivity index (χ0) is 21.8. The van der Waals surface area contributed by atoms with Gasteiger partial charge in [-0.3, -0.25) is 10.1 Å². The maximum Gasteiger partial charge on any atom is 0.363 e. The molecule has 0 atom stereocenters. The molecule has 8 nitrogen and oxygen atoms in total. The van der Waals surface area contributed by atoms with E-state index in [4.69, 9.17) is 37.4 Å². The van der Waals surface area contributed by atoms with Crippen molar-refractivity contribution in [1.29, 1.82) is 0 Å². The number of hydrogen-bond donors (Lipinski definition) is 0. The van der Waals surface area contributed by atoms with Gasteiger partial charge in [0.05, 0.1) is 34.2 Å². The first-order valence-corrected chi connectivity index (χ1v) is 9.56. The molecule has 0 aromatic heterocycles. The van der Waals surface area contributed by atoms with Crippen LogP contribution >= 0.6 is 23.2 Å². The molecule has 0 spiro atoms. The number of cyclic esters (lactones) is 1. The lowest BCUT2D eigenvalue weighted by atomic mass is 10.1. The number of methoxy groups -OCH3 is 1. The fourth-order valence-corrected chi connectivity index (χ4v) is 3.17. The highest BCUT2D eigenvalue weighted by Gasteiger charge is 2.27. The zero-order valence-corrected chi connectivity index (χ0v) is 17.5. The molecule has 0 radical (unpaired) electrons. The third kappa shape index (κ3) is 4.55. The number of ether oxygens (including phenoxy) is 3. The predicted octanol–water partition coefficient (Wildman–Crippen LogP) is 5.04. The van der Waals surface area contributed by atoms with Gasteiger partial charge in [0.15, 0.2) is 17.2 Å². The van der Waals surface area contributed by atoms with Crippen molar-refractivity contribution in [2.24, 2.45) is 4.99 Å². The lowest BCUT2D eigenvalue weighted by Gasteiger charge is -2.12. The molecule has 10 heteroatoms. The van der Waals surface area contributed by atoms with Crippen LogP contribution < -0.4 is 9.47 Å². The number of halogens is 2. The highest BCUT2D eigenvalue weighted by atomic mass is 35.5. The Bertz CT molecular complexity index is 1080. The molecule has 0 amide bonds. The number of carbonyl (C=O) groups excluding carboxylic acids is 1. The first kappa shape index (κ1) is 21.6. The quantitative estimate of drug-likeness (QED) is 0.253. The van der Waals surface area contributed by atoms with Crippen molar-refractivity contribution in [2.75, 3.05) is 13.7 Å². The van der Waals surface area contributed by atoms with E-state index in [0.29, 0.717) is 28.7 Å². The van der Waals surface area contributed by atoms with E-state index >= 15 is 0 Å². The molecule has 3 rings (SSSR count). The van der Waals surface area contributed by atoms with Crippen LogP contribution in [0.1, 0.15) is 24.5 Å². The number of benzene rings is 2. The third-order valence-electron chi connectivity index (χ3n) is 4.02. The molecule has 0 saturated heterocycles. The van der Waals surface area contributed by atoms with Crippen molar-refractivity contribution < 1.29 is 23.9 Å². The molecule has 0 fully saturated rings. The zero-order valence-electron chi connectivity index (χ0n) is 16.0. The summed E-state index contributed by atoms with van der Waals surface area (Å²) < 4.78 is 16.1. The molecule has 1 aliphatic heterocycles. The van der Waals surface area contributed by atoms with Crippen LogP contribution in [0.15, 0.2) is 41.0 Å². The lowest BCUT2D eigenvalue weighted by molar-refractivity contribution is -0.384. The molecule has 0 saturated carbocycles. The Labute approximate surface area is 181 Å². The number of esters is 1. The van der Waals surface area contributed by atoms with Crippen molar-refractivity contribution >= 4 is 46.8 Å². The molecule has 0 bridgehead atoms. The van der Waals surface area contributed by atoms with Gasteiger partial charge in [-0.15, -0.1) is 0 Å². The van der Waals surface area contributed by atoms with Crippen molar-refractivity contribution in [3.8, 4) is 11.5 Å². The van der Waals surface area contributed by atoms with Crippen LogP contribution in [0.5, 0.6) is 11.5 Å². The van der Waals surface area contributed by atoms with Crippen molar-refractivity contribution in [2.45, 2.75) is 13.3 Å². The highest BCUT2D eigenvalue weighted by Crippen LogP contribution is 2.37. The minimum Gasteiger partial charge on any atom is -0.493 e. The Kier molecular flexibility index (Phi) is 6.59. The van der Waals surface area contributed by atoms with E-state index in [1.54, 1.807) is 12.1 Å². The highest BCUT2D eigenvalue weighted by molar-refractivity contribution is 6.35. The number of non-ortho nitro benzene ring substituents is 1. The molecule has 0 N–H and O–H groups in total. The normalized spacial score (nSPS) is 14.5. The van der Waals surface area contributed by atoms with Crippen LogP contribution in [0.2, 0.25) is 10.0 Å². The van der Waals surface area contributed by atoms with Gasteiger partial charge in [-0.2, -0.15) is 0 Å². The maximum atomic E-state index is 12.3. The topological polar surface area (TPSA) is 100 Å². The number of aliphatic imine (C=N–C) groups is 1. The van der Waals surface area contributed by atoms with Crippen LogP contribution in [0, 0.1) is 10.1 Å². The first-order chi connectivity index (χ1) is 14.3. The largest absolute Gasteiger partial charge is 0.493 e. The molecule has 1 heterocycles. The van der Waals surface area contributed by atoms with Crippen molar-refractivity contribution in [3.63, 3.8) is 0 Å². The van der Waals surface area contributed by atoms with Crippen LogP contribution in [0.4, 0.5) is 5.69 Å². The average Bonchev–Trinajstić information content (AvgIpc) is 3.06. The van der Waals surface area contributed by atoms with Gasteiger partial charge in [-0.25, -0.2) is 9.79 Å². The summed E-state index contributed by atoms with van der Waals surface area (Å²) in [6.07, 6.45) is 2.28. The molecular formula is C20H16Cl2N2O6. The average molecular weight is 451 g/mol. The number of nitro benzene ring substituents is 1. The third-order valence-corrected chi connectivity index (χ3v) is 4.61. The van der Waals surface area contributed by atoms with Crippen LogP contribution in [-0.4, -0.2) is 30.5 Å². The van der Waals surface area contributed by atoms with Crippen LogP contribution in [0.3, 0.4) is 0 Å². The van der Waals surface area contributed by atoms with Gasteiger partial charge in [0, 0.05) is 12.1 Å². The van der Waals surface area contributed by atoms with Gasteiger partial charge in [0.25, 0.3) is 5.69 Å². The minimum absolute atomic E-state index is 0.0137. The Balaban J connectivity index is 1.94. The summed E-state index contributed by atoms with van der Waals surface area (Å²) in [6.45, 7) is 2.45. The SMILES string of the molecule is CCCOc1c(Cl)cc(/C=C2\N=C(c3ccc([N+](=O)[O-])cc3Cl)OC2=O)cc1OC. The Hall–Kier alpha value is -3.10. The van der Waals surface area contributed by atoms with E-state index < -0.39 is 10.9 Å².